The normalized spacial score (nSPS) is 11.3. The molecule has 1 amide bonds. The molecule has 0 saturated carbocycles. The van der Waals surface area contributed by atoms with E-state index in [0.29, 0.717) is 11.4 Å². The monoisotopic (exact) mass is 373 g/mol. The quantitative estimate of drug-likeness (QED) is 0.751. The number of hydrogen-bond donors (Lipinski definition) is 1. The molecule has 0 radical (unpaired) electrons. The Morgan fingerprint density at radius 1 is 0.963 bits per heavy atom. The van der Waals surface area contributed by atoms with E-state index in [1.54, 1.807) is 12.1 Å². The summed E-state index contributed by atoms with van der Waals surface area (Å²) in [4.78, 5) is 24.8. The molecule has 1 N–H and O–H groups in total. The van der Waals surface area contributed by atoms with Crippen LogP contribution < -0.4 is 19.5 Å². The standard InChI is InChI=1S/C20H23NO6/c1-12-7-6-8-14(11-12)21-19(22)13(2)27-20(23)15-9-10-16(24-3)18(26-5)17(15)25-4/h6-11,13H,1-5H3,(H,21,22)/t13-/m1/s1. The lowest BCUT2D eigenvalue weighted by atomic mass is 10.1. The lowest BCUT2D eigenvalue weighted by Gasteiger charge is -2.17. The second kappa shape index (κ2) is 8.93. The third-order valence-electron chi connectivity index (χ3n) is 3.86. The van der Waals surface area contributed by atoms with Crippen molar-refractivity contribution in [1.29, 1.82) is 0 Å². The first-order valence-electron chi connectivity index (χ1n) is 8.28. The van der Waals surface area contributed by atoms with Crippen molar-refractivity contribution in [3.8, 4) is 17.2 Å². The molecule has 2 aromatic rings. The van der Waals surface area contributed by atoms with Crippen LogP contribution in [0.3, 0.4) is 0 Å². The van der Waals surface area contributed by atoms with Crippen molar-refractivity contribution < 1.29 is 28.5 Å². The van der Waals surface area contributed by atoms with E-state index in [1.807, 2.05) is 25.1 Å². The number of rotatable bonds is 7. The van der Waals surface area contributed by atoms with Gasteiger partial charge in [0.15, 0.2) is 17.6 Å². The van der Waals surface area contributed by atoms with Gasteiger partial charge in [-0.25, -0.2) is 4.79 Å². The van der Waals surface area contributed by atoms with E-state index in [1.165, 1.54) is 34.3 Å². The van der Waals surface area contributed by atoms with E-state index in [4.69, 9.17) is 18.9 Å². The zero-order valence-corrected chi connectivity index (χ0v) is 16.0. The number of nitrogens with one attached hydrogen (secondary N) is 1. The van der Waals surface area contributed by atoms with Gasteiger partial charge in [0.25, 0.3) is 5.91 Å². The zero-order chi connectivity index (χ0) is 20.0. The van der Waals surface area contributed by atoms with E-state index < -0.39 is 18.0 Å². The minimum atomic E-state index is -1.00. The Morgan fingerprint density at radius 3 is 2.26 bits per heavy atom. The Labute approximate surface area is 158 Å². The second-order valence-electron chi connectivity index (χ2n) is 5.79. The van der Waals surface area contributed by atoms with Gasteiger partial charge in [-0.2, -0.15) is 0 Å². The van der Waals surface area contributed by atoms with Gasteiger partial charge in [-0.1, -0.05) is 12.1 Å². The molecule has 0 bridgehead atoms. The largest absolute Gasteiger partial charge is 0.493 e. The number of amides is 1. The summed E-state index contributed by atoms with van der Waals surface area (Å²) >= 11 is 0. The first kappa shape index (κ1) is 20.1. The fraction of sp³-hybridized carbons (Fsp3) is 0.300. The molecular weight excluding hydrogens is 350 g/mol. The molecule has 0 aliphatic heterocycles. The Bertz CT molecular complexity index is 833. The fourth-order valence-electron chi connectivity index (χ4n) is 2.51. The van der Waals surface area contributed by atoms with Gasteiger partial charge in [-0.15, -0.1) is 0 Å². The van der Waals surface area contributed by atoms with Gasteiger partial charge in [-0.3, -0.25) is 4.79 Å². The van der Waals surface area contributed by atoms with E-state index >= 15 is 0 Å². The third kappa shape index (κ3) is 4.69. The first-order chi connectivity index (χ1) is 12.9. The molecule has 0 saturated heterocycles. The molecule has 0 unspecified atom stereocenters. The topological polar surface area (TPSA) is 83.1 Å². The molecule has 0 aliphatic rings. The number of anilines is 1. The molecule has 0 heterocycles. The highest BCUT2D eigenvalue weighted by atomic mass is 16.6. The summed E-state index contributed by atoms with van der Waals surface area (Å²) in [6.45, 7) is 3.42. The summed E-state index contributed by atoms with van der Waals surface area (Å²) in [6, 6.07) is 10.4. The molecule has 144 valence electrons. The summed E-state index contributed by atoms with van der Waals surface area (Å²) in [5, 5.41) is 2.72. The van der Waals surface area contributed by atoms with Crippen molar-refractivity contribution in [3.05, 3.63) is 47.5 Å². The van der Waals surface area contributed by atoms with Crippen molar-refractivity contribution in [3.63, 3.8) is 0 Å². The van der Waals surface area contributed by atoms with Crippen LogP contribution in [-0.2, 0) is 9.53 Å². The smallest absolute Gasteiger partial charge is 0.342 e. The van der Waals surface area contributed by atoms with Crippen molar-refractivity contribution >= 4 is 17.6 Å². The van der Waals surface area contributed by atoms with Gasteiger partial charge in [0.2, 0.25) is 5.75 Å². The minimum absolute atomic E-state index is 0.130. The molecule has 2 rings (SSSR count). The van der Waals surface area contributed by atoms with Crippen LogP contribution in [0.1, 0.15) is 22.8 Å². The molecule has 7 nitrogen and oxygen atoms in total. The van der Waals surface area contributed by atoms with E-state index in [-0.39, 0.29) is 17.1 Å². The number of ether oxygens (including phenoxy) is 4. The predicted molar refractivity (Wildman–Crippen MR) is 101 cm³/mol. The molecule has 0 aromatic heterocycles. The number of carbonyl (C=O) groups is 2. The molecule has 0 aliphatic carbocycles. The fourth-order valence-corrected chi connectivity index (χ4v) is 2.51. The maximum absolute atomic E-state index is 12.5. The van der Waals surface area contributed by atoms with Crippen LogP contribution in [0.5, 0.6) is 17.2 Å². The molecule has 1 atom stereocenters. The van der Waals surface area contributed by atoms with Crippen molar-refractivity contribution in [1.82, 2.24) is 0 Å². The Hall–Kier alpha value is -3.22. The van der Waals surface area contributed by atoms with Crippen molar-refractivity contribution in [2.24, 2.45) is 0 Å². The van der Waals surface area contributed by atoms with Gasteiger partial charge in [-0.05, 0) is 43.7 Å². The van der Waals surface area contributed by atoms with Crippen LogP contribution in [0.4, 0.5) is 5.69 Å². The average Bonchev–Trinajstić information content (AvgIpc) is 2.66. The van der Waals surface area contributed by atoms with Crippen LogP contribution in [0, 0.1) is 6.92 Å². The lowest BCUT2D eigenvalue weighted by molar-refractivity contribution is -0.123. The maximum Gasteiger partial charge on any atom is 0.342 e. The maximum atomic E-state index is 12.5. The van der Waals surface area contributed by atoms with Gasteiger partial charge in [0.05, 0.1) is 21.3 Å². The minimum Gasteiger partial charge on any atom is -0.493 e. The SMILES string of the molecule is COc1ccc(C(=O)O[C@H](C)C(=O)Nc2cccc(C)c2)c(OC)c1OC. The third-order valence-corrected chi connectivity index (χ3v) is 3.86. The van der Waals surface area contributed by atoms with Gasteiger partial charge >= 0.3 is 5.97 Å². The highest BCUT2D eigenvalue weighted by molar-refractivity contribution is 5.99. The van der Waals surface area contributed by atoms with Gasteiger partial charge in [0.1, 0.15) is 5.56 Å². The summed E-state index contributed by atoms with van der Waals surface area (Å²) in [5.74, 6) is -0.288. The highest BCUT2D eigenvalue weighted by Crippen LogP contribution is 2.40. The summed E-state index contributed by atoms with van der Waals surface area (Å²) in [5.41, 5.74) is 1.77. The van der Waals surface area contributed by atoms with E-state index in [2.05, 4.69) is 5.32 Å². The van der Waals surface area contributed by atoms with Crippen molar-refractivity contribution in [2.75, 3.05) is 26.6 Å². The average molecular weight is 373 g/mol. The van der Waals surface area contributed by atoms with Crippen LogP contribution in [0.2, 0.25) is 0 Å². The highest BCUT2D eigenvalue weighted by Gasteiger charge is 2.25. The molecule has 0 fully saturated rings. The van der Waals surface area contributed by atoms with Crippen LogP contribution in [0.25, 0.3) is 0 Å². The predicted octanol–water partition coefficient (Wildman–Crippen LogP) is 3.20. The summed E-state index contributed by atoms with van der Waals surface area (Å²) < 4.78 is 21.0. The number of benzene rings is 2. The van der Waals surface area contributed by atoms with Crippen LogP contribution in [-0.4, -0.2) is 39.3 Å². The Balaban J connectivity index is 2.15. The second-order valence-corrected chi connectivity index (χ2v) is 5.79. The number of aryl methyl sites for hydroxylation is 1. The number of methoxy groups -OCH3 is 3. The zero-order valence-electron chi connectivity index (χ0n) is 16.0. The lowest BCUT2D eigenvalue weighted by Crippen LogP contribution is -2.30. The summed E-state index contributed by atoms with van der Waals surface area (Å²) in [6.07, 6.45) is -1.00. The van der Waals surface area contributed by atoms with Crippen LogP contribution in [0.15, 0.2) is 36.4 Å². The Kier molecular flexibility index (Phi) is 6.65. The molecule has 7 heteroatoms. The number of hydrogen-bond acceptors (Lipinski definition) is 6. The number of esters is 1. The van der Waals surface area contributed by atoms with Gasteiger partial charge in [0, 0.05) is 5.69 Å². The molecule has 27 heavy (non-hydrogen) atoms. The van der Waals surface area contributed by atoms with E-state index in [9.17, 15) is 9.59 Å². The van der Waals surface area contributed by atoms with Crippen molar-refractivity contribution in [2.45, 2.75) is 20.0 Å². The molecule has 2 aromatic carbocycles. The Morgan fingerprint density at radius 2 is 1.67 bits per heavy atom. The summed E-state index contributed by atoms with van der Waals surface area (Å²) in [7, 11) is 4.32. The molecular formula is C20H23NO6. The van der Waals surface area contributed by atoms with E-state index in [0.717, 1.165) is 5.56 Å². The first-order valence-corrected chi connectivity index (χ1v) is 8.28. The number of carbonyl (C=O) groups excluding carboxylic acids is 2. The van der Waals surface area contributed by atoms with Crippen LogP contribution >= 0.6 is 0 Å². The molecule has 0 spiro atoms. The van der Waals surface area contributed by atoms with Gasteiger partial charge < -0.3 is 24.3 Å².